The largest absolute Gasteiger partial charge is 0.306 e. The van der Waals surface area contributed by atoms with E-state index in [0.717, 1.165) is 144 Å². The molecule has 0 aliphatic heterocycles. The van der Waals surface area contributed by atoms with Crippen LogP contribution < -0.4 is 0 Å². The SMILES string of the molecule is c1ccc(-c2cccc(-c3c(-n4c5ccccc5c5cnccc54)c(-n4c5ccccc5c5cnccc54)c(-c4ccncc4)c(-n4c5ccccc5c5cnccc54)c3-n3c4ccccc4c4cnccc43)n2)cc1. The highest BCUT2D eigenvalue weighted by atomic mass is 15.1. The summed E-state index contributed by atoms with van der Waals surface area (Å²) < 4.78 is 9.89. The third kappa shape index (κ3) is 5.97. The molecule has 10 heterocycles. The molecule has 0 aliphatic rings. The van der Waals surface area contributed by atoms with Gasteiger partial charge in [0.2, 0.25) is 0 Å². The first kappa shape index (κ1) is 42.0. The average Bonchev–Trinajstić information content (AvgIpc) is 4.37. The van der Waals surface area contributed by atoms with E-state index in [4.69, 9.17) is 29.9 Å². The molecule has 0 saturated heterocycles. The molecule has 10 heteroatoms. The van der Waals surface area contributed by atoms with Gasteiger partial charge < -0.3 is 18.3 Å². The number of rotatable bonds is 7. The monoisotopic (exact) mass is 972 g/mol. The van der Waals surface area contributed by atoms with Gasteiger partial charge in [0, 0.05) is 116 Å². The van der Waals surface area contributed by atoms with E-state index in [2.05, 4.69) is 200 Å². The minimum atomic E-state index is 0.778. The van der Waals surface area contributed by atoms with E-state index in [1.54, 1.807) is 0 Å². The summed E-state index contributed by atoms with van der Waals surface area (Å²) in [6.45, 7) is 0. The minimum Gasteiger partial charge on any atom is -0.306 e. The van der Waals surface area contributed by atoms with Gasteiger partial charge in [0.1, 0.15) is 0 Å². The molecule has 0 bridgehead atoms. The van der Waals surface area contributed by atoms with Crippen molar-refractivity contribution in [2.24, 2.45) is 0 Å². The topological polar surface area (TPSA) is 97.1 Å². The van der Waals surface area contributed by atoms with Crippen LogP contribution in [0.5, 0.6) is 0 Å². The molecule has 10 nitrogen and oxygen atoms in total. The van der Waals surface area contributed by atoms with Crippen molar-refractivity contribution in [3.8, 4) is 56.4 Å². The Morgan fingerprint density at radius 1 is 0.224 bits per heavy atom. The Bertz CT molecular complexity index is 4540. The van der Waals surface area contributed by atoms with Crippen LogP contribution in [0, 0.1) is 0 Å². The van der Waals surface area contributed by atoms with Gasteiger partial charge in [-0.1, -0.05) is 109 Å². The van der Waals surface area contributed by atoms with Gasteiger partial charge in [-0.05, 0) is 78.4 Å². The zero-order valence-electron chi connectivity index (χ0n) is 40.6. The maximum atomic E-state index is 5.87. The third-order valence-electron chi connectivity index (χ3n) is 15.2. The maximum Gasteiger partial charge on any atom is 0.0827 e. The second-order valence-electron chi connectivity index (χ2n) is 19.1. The quantitative estimate of drug-likeness (QED) is 0.158. The number of hydrogen-bond donors (Lipinski definition) is 0. The lowest BCUT2D eigenvalue weighted by atomic mass is 9.91. The molecule has 0 spiro atoms. The number of pyridine rings is 6. The maximum absolute atomic E-state index is 5.87. The van der Waals surface area contributed by atoms with E-state index >= 15 is 0 Å². The number of hydrogen-bond acceptors (Lipinski definition) is 6. The van der Waals surface area contributed by atoms with Crippen molar-refractivity contribution >= 4 is 87.2 Å². The molecule has 0 N–H and O–H groups in total. The van der Waals surface area contributed by atoms with Crippen LogP contribution >= 0.6 is 0 Å². The van der Waals surface area contributed by atoms with E-state index < -0.39 is 0 Å². The highest BCUT2D eigenvalue weighted by Gasteiger charge is 2.36. The van der Waals surface area contributed by atoms with Crippen LogP contribution in [0.15, 0.2) is 244 Å². The van der Waals surface area contributed by atoms with Crippen LogP contribution in [0.25, 0.3) is 144 Å². The number of benzene rings is 6. The molecular formula is C66H40N10. The molecule has 16 rings (SSSR count). The van der Waals surface area contributed by atoms with Crippen LogP contribution in [-0.4, -0.2) is 48.2 Å². The van der Waals surface area contributed by atoms with Crippen LogP contribution in [0.3, 0.4) is 0 Å². The predicted octanol–water partition coefficient (Wildman–Crippen LogP) is 15.4. The fourth-order valence-electron chi connectivity index (χ4n) is 12.2. The fourth-order valence-corrected chi connectivity index (χ4v) is 12.2. The molecule has 0 amide bonds. The van der Waals surface area contributed by atoms with Crippen molar-refractivity contribution in [2.75, 3.05) is 0 Å². The van der Waals surface area contributed by atoms with Crippen LogP contribution in [-0.2, 0) is 0 Å². The van der Waals surface area contributed by atoms with Crippen LogP contribution in [0.1, 0.15) is 0 Å². The molecule has 354 valence electrons. The van der Waals surface area contributed by atoms with Crippen molar-refractivity contribution in [1.29, 1.82) is 0 Å². The average molecular weight is 973 g/mol. The molecular weight excluding hydrogens is 933 g/mol. The fraction of sp³-hybridized carbons (Fsp3) is 0. The van der Waals surface area contributed by atoms with Crippen molar-refractivity contribution in [1.82, 2.24) is 48.2 Å². The van der Waals surface area contributed by atoms with Gasteiger partial charge in [0.15, 0.2) is 0 Å². The van der Waals surface area contributed by atoms with E-state index in [1.807, 2.05) is 62.0 Å². The van der Waals surface area contributed by atoms with Crippen molar-refractivity contribution in [3.05, 3.63) is 244 Å². The minimum absolute atomic E-state index is 0.778. The molecule has 0 aliphatic carbocycles. The summed E-state index contributed by atoms with van der Waals surface area (Å²) in [7, 11) is 0. The van der Waals surface area contributed by atoms with E-state index in [-0.39, 0.29) is 0 Å². The Labute approximate surface area is 433 Å². The predicted molar refractivity (Wildman–Crippen MR) is 307 cm³/mol. The highest BCUT2D eigenvalue weighted by Crippen LogP contribution is 2.54. The lowest BCUT2D eigenvalue weighted by molar-refractivity contribution is 1.04. The Balaban J connectivity index is 1.29. The summed E-state index contributed by atoms with van der Waals surface area (Å²) in [4.78, 5) is 29.7. The molecule has 0 unspecified atom stereocenters. The van der Waals surface area contributed by atoms with E-state index in [0.29, 0.717) is 0 Å². The Kier molecular flexibility index (Phi) is 9.10. The number of para-hydroxylation sites is 4. The lowest BCUT2D eigenvalue weighted by Gasteiger charge is -2.31. The van der Waals surface area contributed by atoms with Crippen molar-refractivity contribution in [2.45, 2.75) is 0 Å². The second-order valence-corrected chi connectivity index (χ2v) is 19.1. The first-order valence-corrected chi connectivity index (χ1v) is 25.3. The molecule has 16 aromatic rings. The van der Waals surface area contributed by atoms with Gasteiger partial charge in [-0.15, -0.1) is 0 Å². The van der Waals surface area contributed by atoms with Crippen molar-refractivity contribution in [3.63, 3.8) is 0 Å². The molecule has 0 atom stereocenters. The standard InChI is InChI=1S/C66H40N10/c1-2-13-41(14-3-1)51-19-12-20-52(72-51)62-65(75-55-23-10-6-17-45(55)49-39-70-35-29-59(49)75)63(73-53-21-8-4-15-43(53)47-37-68-33-27-57(47)73)61(42-25-31-67-32-26-42)64(74-54-22-9-5-16-44(54)48-38-69-34-28-58(48)74)66(62)76-56-24-11-7-18-46(56)50-40-71-36-30-60(50)76/h1-40H. The summed E-state index contributed by atoms with van der Waals surface area (Å²) >= 11 is 0. The summed E-state index contributed by atoms with van der Waals surface area (Å²) in [5.74, 6) is 0. The lowest BCUT2D eigenvalue weighted by Crippen LogP contribution is -2.16. The van der Waals surface area contributed by atoms with E-state index in [1.165, 1.54) is 0 Å². The first-order valence-electron chi connectivity index (χ1n) is 25.3. The number of nitrogens with zero attached hydrogens (tertiary/aromatic N) is 10. The Hall–Kier alpha value is -10.6. The molecule has 10 aromatic heterocycles. The normalized spacial score (nSPS) is 11.9. The van der Waals surface area contributed by atoms with E-state index in [9.17, 15) is 0 Å². The Morgan fingerprint density at radius 2 is 0.553 bits per heavy atom. The molecule has 76 heavy (non-hydrogen) atoms. The van der Waals surface area contributed by atoms with Crippen LogP contribution in [0.4, 0.5) is 0 Å². The second kappa shape index (κ2) is 16.5. The summed E-state index contributed by atoms with van der Waals surface area (Å²) in [5.41, 5.74) is 17.2. The molecule has 6 aromatic carbocycles. The molecule has 0 fully saturated rings. The summed E-state index contributed by atoms with van der Waals surface area (Å²) in [5, 5.41) is 8.44. The third-order valence-corrected chi connectivity index (χ3v) is 15.2. The highest BCUT2D eigenvalue weighted by molar-refractivity contribution is 6.18. The number of fused-ring (bicyclic) bond motifs is 12. The van der Waals surface area contributed by atoms with Crippen LogP contribution in [0.2, 0.25) is 0 Å². The zero-order chi connectivity index (χ0) is 49.8. The number of aromatic nitrogens is 10. The zero-order valence-corrected chi connectivity index (χ0v) is 40.6. The van der Waals surface area contributed by atoms with Gasteiger partial charge >= 0.3 is 0 Å². The smallest absolute Gasteiger partial charge is 0.0827 e. The van der Waals surface area contributed by atoms with Gasteiger partial charge in [-0.25, -0.2) is 4.98 Å². The van der Waals surface area contributed by atoms with Crippen molar-refractivity contribution < 1.29 is 0 Å². The molecule has 0 saturated carbocycles. The summed E-state index contributed by atoms with van der Waals surface area (Å²) in [6.07, 6.45) is 19.4. The van der Waals surface area contributed by atoms with Gasteiger partial charge in [0.05, 0.1) is 83.8 Å². The summed E-state index contributed by atoms with van der Waals surface area (Å²) in [6, 6.07) is 64.6. The van der Waals surface area contributed by atoms with Gasteiger partial charge in [-0.3, -0.25) is 24.9 Å². The first-order chi connectivity index (χ1) is 37.8. The Morgan fingerprint density at radius 3 is 0.961 bits per heavy atom. The van der Waals surface area contributed by atoms with Gasteiger partial charge in [0.25, 0.3) is 0 Å². The van der Waals surface area contributed by atoms with Gasteiger partial charge in [-0.2, -0.15) is 0 Å². The molecule has 0 radical (unpaired) electrons.